The summed E-state index contributed by atoms with van der Waals surface area (Å²) in [4.78, 5) is 8.84. The normalized spacial score (nSPS) is 23.5. The maximum absolute atomic E-state index is 9.51. The second kappa shape index (κ2) is 5.09. The van der Waals surface area contributed by atoms with Gasteiger partial charge in [-0.25, -0.2) is 4.98 Å². The predicted octanol–water partition coefficient (Wildman–Crippen LogP) is 2.46. The van der Waals surface area contributed by atoms with E-state index in [0.29, 0.717) is 11.7 Å². The van der Waals surface area contributed by atoms with E-state index in [1.165, 1.54) is 0 Å². The van der Waals surface area contributed by atoms with Crippen molar-refractivity contribution in [1.82, 2.24) is 15.1 Å². The number of rotatable bonds is 2. The van der Waals surface area contributed by atoms with E-state index in [0.717, 1.165) is 37.1 Å². The Labute approximate surface area is 111 Å². The molecule has 0 atom stereocenters. The summed E-state index contributed by atoms with van der Waals surface area (Å²) in [5.74, 6) is 1.49. The lowest BCUT2D eigenvalue weighted by Gasteiger charge is -2.22. The largest absolute Gasteiger partial charge is 0.393 e. The molecule has 100 valence electrons. The van der Waals surface area contributed by atoms with Gasteiger partial charge in [-0.05, 0) is 44.7 Å². The van der Waals surface area contributed by atoms with Crippen molar-refractivity contribution in [2.45, 2.75) is 44.6 Å². The lowest BCUT2D eigenvalue weighted by molar-refractivity contribution is 0.116. The van der Waals surface area contributed by atoms with Crippen LogP contribution in [0.3, 0.4) is 0 Å². The first kappa shape index (κ1) is 12.3. The van der Waals surface area contributed by atoms with Crippen LogP contribution in [0.25, 0.3) is 11.5 Å². The van der Waals surface area contributed by atoms with Crippen molar-refractivity contribution in [3.63, 3.8) is 0 Å². The molecule has 1 N–H and O–H groups in total. The molecule has 0 amide bonds. The number of aliphatic hydroxyl groups is 1. The SMILES string of the molecule is Cc1cccc(-c2noc(C3CCC(O)CC3)n2)n1. The Hall–Kier alpha value is -1.75. The van der Waals surface area contributed by atoms with Crippen LogP contribution in [0.4, 0.5) is 0 Å². The van der Waals surface area contributed by atoms with Crippen LogP contribution in [0.1, 0.15) is 43.2 Å². The van der Waals surface area contributed by atoms with Gasteiger partial charge in [-0.15, -0.1) is 0 Å². The van der Waals surface area contributed by atoms with Crippen molar-refractivity contribution in [3.05, 3.63) is 29.8 Å². The van der Waals surface area contributed by atoms with Gasteiger partial charge >= 0.3 is 0 Å². The van der Waals surface area contributed by atoms with Crippen LogP contribution < -0.4 is 0 Å². The monoisotopic (exact) mass is 259 g/mol. The van der Waals surface area contributed by atoms with E-state index in [2.05, 4.69) is 15.1 Å². The molecule has 1 aliphatic rings. The van der Waals surface area contributed by atoms with Gasteiger partial charge in [0.2, 0.25) is 11.7 Å². The van der Waals surface area contributed by atoms with E-state index in [9.17, 15) is 5.11 Å². The average Bonchev–Trinajstić information content (AvgIpc) is 2.89. The summed E-state index contributed by atoms with van der Waals surface area (Å²) in [6.07, 6.45) is 3.27. The van der Waals surface area contributed by atoms with Crippen molar-refractivity contribution < 1.29 is 9.63 Å². The molecule has 0 aliphatic heterocycles. The second-order valence-electron chi connectivity index (χ2n) is 5.13. The average molecular weight is 259 g/mol. The third-order valence-corrected chi connectivity index (χ3v) is 3.61. The van der Waals surface area contributed by atoms with E-state index in [4.69, 9.17) is 4.52 Å². The quantitative estimate of drug-likeness (QED) is 0.896. The van der Waals surface area contributed by atoms with E-state index in [1.807, 2.05) is 25.1 Å². The fourth-order valence-electron chi connectivity index (χ4n) is 2.50. The standard InChI is InChI=1S/C14H17N3O2/c1-9-3-2-4-12(15-9)13-16-14(19-17-13)10-5-7-11(18)8-6-10/h2-4,10-11,18H,5-8H2,1H3. The summed E-state index contributed by atoms with van der Waals surface area (Å²) in [5.41, 5.74) is 1.68. The molecule has 1 fully saturated rings. The van der Waals surface area contributed by atoms with Crippen LogP contribution in [0, 0.1) is 6.92 Å². The fraction of sp³-hybridized carbons (Fsp3) is 0.500. The first-order valence-corrected chi connectivity index (χ1v) is 6.68. The van der Waals surface area contributed by atoms with Gasteiger partial charge in [-0.3, -0.25) is 0 Å². The molecule has 0 radical (unpaired) electrons. The summed E-state index contributed by atoms with van der Waals surface area (Å²) >= 11 is 0. The van der Waals surface area contributed by atoms with Crippen molar-refractivity contribution in [1.29, 1.82) is 0 Å². The van der Waals surface area contributed by atoms with Gasteiger partial charge < -0.3 is 9.63 Å². The molecule has 5 nitrogen and oxygen atoms in total. The predicted molar refractivity (Wildman–Crippen MR) is 69.5 cm³/mol. The van der Waals surface area contributed by atoms with E-state index in [1.54, 1.807) is 0 Å². The van der Waals surface area contributed by atoms with Gasteiger partial charge in [-0.2, -0.15) is 4.98 Å². The maximum Gasteiger partial charge on any atom is 0.230 e. The molecule has 5 heteroatoms. The Morgan fingerprint density at radius 3 is 2.68 bits per heavy atom. The number of aryl methyl sites for hydroxylation is 1. The number of hydrogen-bond donors (Lipinski definition) is 1. The Balaban J connectivity index is 1.80. The van der Waals surface area contributed by atoms with Crippen LogP contribution in [0.15, 0.2) is 22.7 Å². The summed E-state index contributed by atoms with van der Waals surface area (Å²) in [6.45, 7) is 1.94. The lowest BCUT2D eigenvalue weighted by atomic mass is 9.87. The number of pyridine rings is 1. The molecule has 0 aromatic carbocycles. The fourth-order valence-corrected chi connectivity index (χ4v) is 2.50. The maximum atomic E-state index is 9.51. The van der Waals surface area contributed by atoms with Crippen molar-refractivity contribution in [2.24, 2.45) is 0 Å². The van der Waals surface area contributed by atoms with Crippen LogP contribution in [-0.4, -0.2) is 26.3 Å². The second-order valence-corrected chi connectivity index (χ2v) is 5.13. The molecular formula is C14H17N3O2. The molecule has 2 heterocycles. The highest BCUT2D eigenvalue weighted by molar-refractivity contribution is 5.48. The van der Waals surface area contributed by atoms with Crippen molar-refractivity contribution in [3.8, 4) is 11.5 Å². The zero-order valence-corrected chi connectivity index (χ0v) is 10.9. The Bertz CT molecular complexity index is 559. The van der Waals surface area contributed by atoms with Crippen LogP contribution in [0.5, 0.6) is 0 Å². The third-order valence-electron chi connectivity index (χ3n) is 3.61. The van der Waals surface area contributed by atoms with Gasteiger partial charge in [0.05, 0.1) is 6.10 Å². The molecule has 1 aliphatic carbocycles. The first-order valence-electron chi connectivity index (χ1n) is 6.68. The number of nitrogens with zero attached hydrogens (tertiary/aromatic N) is 3. The van der Waals surface area contributed by atoms with Crippen molar-refractivity contribution in [2.75, 3.05) is 0 Å². The number of hydrogen-bond acceptors (Lipinski definition) is 5. The number of aliphatic hydroxyl groups excluding tert-OH is 1. The van der Waals surface area contributed by atoms with Crippen molar-refractivity contribution >= 4 is 0 Å². The zero-order valence-electron chi connectivity index (χ0n) is 10.9. The van der Waals surface area contributed by atoms with Crippen LogP contribution >= 0.6 is 0 Å². The van der Waals surface area contributed by atoms with Crippen LogP contribution in [0.2, 0.25) is 0 Å². The first-order chi connectivity index (χ1) is 9.22. The summed E-state index contributed by atoms with van der Waals surface area (Å²) in [6, 6.07) is 5.75. The lowest BCUT2D eigenvalue weighted by Crippen LogP contribution is -2.17. The van der Waals surface area contributed by atoms with E-state index >= 15 is 0 Å². The van der Waals surface area contributed by atoms with Gasteiger partial charge in [-0.1, -0.05) is 11.2 Å². The summed E-state index contributed by atoms with van der Waals surface area (Å²) in [7, 11) is 0. The molecule has 2 aromatic heterocycles. The highest BCUT2D eigenvalue weighted by Gasteiger charge is 2.25. The van der Waals surface area contributed by atoms with Gasteiger partial charge in [0.15, 0.2) is 0 Å². The van der Waals surface area contributed by atoms with E-state index < -0.39 is 0 Å². The molecule has 0 bridgehead atoms. The van der Waals surface area contributed by atoms with Gasteiger partial charge in [0.1, 0.15) is 5.69 Å². The molecule has 0 spiro atoms. The minimum absolute atomic E-state index is 0.169. The molecular weight excluding hydrogens is 242 g/mol. The highest BCUT2D eigenvalue weighted by atomic mass is 16.5. The Morgan fingerprint density at radius 1 is 1.16 bits per heavy atom. The minimum Gasteiger partial charge on any atom is -0.393 e. The molecule has 0 saturated heterocycles. The topological polar surface area (TPSA) is 72.0 Å². The Kier molecular flexibility index (Phi) is 3.29. The molecule has 3 rings (SSSR count). The summed E-state index contributed by atoms with van der Waals surface area (Å²) < 4.78 is 5.35. The zero-order chi connectivity index (χ0) is 13.2. The molecule has 1 saturated carbocycles. The molecule has 19 heavy (non-hydrogen) atoms. The molecule has 2 aromatic rings. The summed E-state index contributed by atoms with van der Waals surface area (Å²) in [5, 5.41) is 13.5. The molecule has 0 unspecified atom stereocenters. The van der Waals surface area contributed by atoms with E-state index in [-0.39, 0.29) is 12.0 Å². The Morgan fingerprint density at radius 2 is 1.95 bits per heavy atom. The highest BCUT2D eigenvalue weighted by Crippen LogP contribution is 2.32. The minimum atomic E-state index is -0.169. The van der Waals surface area contributed by atoms with Gasteiger partial charge in [0.25, 0.3) is 0 Å². The smallest absolute Gasteiger partial charge is 0.230 e. The third kappa shape index (κ3) is 2.66. The van der Waals surface area contributed by atoms with Crippen LogP contribution in [-0.2, 0) is 0 Å². The van der Waals surface area contributed by atoms with Gasteiger partial charge in [0, 0.05) is 11.6 Å². The number of aromatic nitrogens is 3.